The van der Waals surface area contributed by atoms with Crippen LogP contribution in [0.2, 0.25) is 0 Å². The summed E-state index contributed by atoms with van der Waals surface area (Å²) in [6.45, 7) is 6.12. The molecule has 0 spiro atoms. The largest absolute Gasteiger partial charge is 0.406 e. The van der Waals surface area contributed by atoms with Crippen LogP contribution < -0.4 is 5.32 Å². The van der Waals surface area contributed by atoms with Crippen LogP contribution in [0.5, 0.6) is 0 Å². The fourth-order valence-corrected chi connectivity index (χ4v) is 2.01. The Kier molecular flexibility index (Phi) is 4.27. The second-order valence-electron chi connectivity index (χ2n) is 5.08. The van der Waals surface area contributed by atoms with Crippen molar-refractivity contribution < 1.29 is 13.2 Å². The SMILES string of the molecule is CCC(C)CC(CC)NC1(C(F)(F)F)CC1. The fraction of sp³-hybridized carbons (Fsp3) is 1.00. The lowest BCUT2D eigenvalue weighted by Crippen LogP contribution is -2.50. The smallest absolute Gasteiger partial charge is 0.301 e. The van der Waals surface area contributed by atoms with Gasteiger partial charge >= 0.3 is 6.18 Å². The normalized spacial score (nSPS) is 22.9. The highest BCUT2D eigenvalue weighted by Gasteiger charge is 2.63. The van der Waals surface area contributed by atoms with Crippen molar-refractivity contribution in [1.29, 1.82) is 0 Å². The van der Waals surface area contributed by atoms with Gasteiger partial charge in [0.05, 0.1) is 0 Å². The first-order valence-electron chi connectivity index (χ1n) is 6.19. The number of halogens is 3. The Bertz CT molecular complexity index is 221. The molecule has 1 aliphatic rings. The van der Waals surface area contributed by atoms with Gasteiger partial charge in [0, 0.05) is 6.04 Å². The Morgan fingerprint density at radius 2 is 1.75 bits per heavy atom. The van der Waals surface area contributed by atoms with Crippen LogP contribution in [-0.2, 0) is 0 Å². The first-order chi connectivity index (χ1) is 7.34. The first kappa shape index (κ1) is 13.8. The molecule has 4 heteroatoms. The predicted molar refractivity (Wildman–Crippen MR) is 59.3 cm³/mol. The van der Waals surface area contributed by atoms with Crippen molar-refractivity contribution in [2.75, 3.05) is 0 Å². The highest BCUT2D eigenvalue weighted by Crippen LogP contribution is 2.49. The number of hydrogen-bond acceptors (Lipinski definition) is 1. The summed E-state index contributed by atoms with van der Waals surface area (Å²) in [5.74, 6) is 0.487. The standard InChI is InChI=1S/C12H22F3N/c1-4-9(3)8-10(5-2)16-11(6-7-11)12(13,14)15/h9-10,16H,4-8H2,1-3H3. The van der Waals surface area contributed by atoms with Crippen molar-refractivity contribution in [3.05, 3.63) is 0 Å². The maximum Gasteiger partial charge on any atom is 0.406 e. The molecule has 0 aromatic carbocycles. The zero-order valence-corrected chi connectivity index (χ0v) is 10.3. The van der Waals surface area contributed by atoms with Gasteiger partial charge in [0.25, 0.3) is 0 Å². The molecule has 1 nitrogen and oxygen atoms in total. The van der Waals surface area contributed by atoms with E-state index in [1.54, 1.807) is 0 Å². The lowest BCUT2D eigenvalue weighted by atomic mass is 9.97. The summed E-state index contributed by atoms with van der Waals surface area (Å²) in [6.07, 6.45) is -0.971. The van der Waals surface area contributed by atoms with Crippen LogP contribution in [0.3, 0.4) is 0 Å². The molecule has 0 radical (unpaired) electrons. The van der Waals surface area contributed by atoms with E-state index in [9.17, 15) is 13.2 Å². The van der Waals surface area contributed by atoms with Gasteiger partial charge in [0.1, 0.15) is 5.54 Å². The van der Waals surface area contributed by atoms with Gasteiger partial charge in [-0.1, -0.05) is 27.2 Å². The summed E-state index contributed by atoms with van der Waals surface area (Å²) in [5, 5.41) is 2.83. The molecule has 1 rings (SSSR count). The number of hydrogen-bond donors (Lipinski definition) is 1. The Hall–Kier alpha value is -0.250. The lowest BCUT2D eigenvalue weighted by molar-refractivity contribution is -0.168. The summed E-state index contributed by atoms with van der Waals surface area (Å²) < 4.78 is 38.2. The third-order valence-corrected chi connectivity index (χ3v) is 3.65. The van der Waals surface area contributed by atoms with Crippen LogP contribution in [0.1, 0.15) is 52.9 Å². The van der Waals surface area contributed by atoms with Crippen molar-refractivity contribution >= 4 is 0 Å². The summed E-state index contributed by atoms with van der Waals surface area (Å²) >= 11 is 0. The molecule has 0 amide bonds. The molecule has 1 saturated carbocycles. The third kappa shape index (κ3) is 3.12. The fourth-order valence-electron chi connectivity index (χ4n) is 2.01. The monoisotopic (exact) mass is 237 g/mol. The van der Waals surface area contributed by atoms with E-state index in [-0.39, 0.29) is 18.9 Å². The van der Waals surface area contributed by atoms with Gasteiger partial charge in [-0.05, 0) is 31.6 Å². The van der Waals surface area contributed by atoms with E-state index in [4.69, 9.17) is 0 Å². The lowest BCUT2D eigenvalue weighted by Gasteiger charge is -2.28. The molecule has 1 N–H and O–H groups in total. The van der Waals surface area contributed by atoms with Crippen LogP contribution in [0.25, 0.3) is 0 Å². The molecule has 96 valence electrons. The average molecular weight is 237 g/mol. The van der Waals surface area contributed by atoms with Crippen LogP contribution >= 0.6 is 0 Å². The minimum atomic E-state index is -4.09. The summed E-state index contributed by atoms with van der Waals surface area (Å²) in [5.41, 5.74) is -1.55. The van der Waals surface area contributed by atoms with Crippen molar-refractivity contribution in [3.63, 3.8) is 0 Å². The molecule has 16 heavy (non-hydrogen) atoms. The van der Waals surface area contributed by atoms with E-state index >= 15 is 0 Å². The second kappa shape index (κ2) is 4.94. The summed E-state index contributed by atoms with van der Waals surface area (Å²) in [6, 6.07) is -0.000856. The molecule has 0 aromatic heterocycles. The van der Waals surface area contributed by atoms with E-state index in [0.717, 1.165) is 19.3 Å². The van der Waals surface area contributed by atoms with E-state index in [0.29, 0.717) is 5.92 Å². The molecule has 2 unspecified atom stereocenters. The number of alkyl halides is 3. The zero-order valence-electron chi connectivity index (χ0n) is 10.3. The van der Waals surface area contributed by atoms with E-state index in [2.05, 4.69) is 19.2 Å². The van der Waals surface area contributed by atoms with Gasteiger partial charge in [-0.15, -0.1) is 0 Å². The van der Waals surface area contributed by atoms with Gasteiger partial charge in [-0.2, -0.15) is 13.2 Å². The third-order valence-electron chi connectivity index (χ3n) is 3.65. The molecule has 0 saturated heterocycles. The molecule has 1 fully saturated rings. The van der Waals surface area contributed by atoms with Crippen molar-refractivity contribution in [3.8, 4) is 0 Å². The predicted octanol–water partition coefficient (Wildman–Crippen LogP) is 3.89. The molecule has 0 aliphatic heterocycles. The maximum atomic E-state index is 12.7. The second-order valence-corrected chi connectivity index (χ2v) is 5.08. The average Bonchev–Trinajstić information content (AvgIpc) is 2.96. The molecular weight excluding hydrogens is 215 g/mol. The topological polar surface area (TPSA) is 12.0 Å². The van der Waals surface area contributed by atoms with Crippen LogP contribution in [0, 0.1) is 5.92 Å². The van der Waals surface area contributed by atoms with Gasteiger partial charge in [0.2, 0.25) is 0 Å². The quantitative estimate of drug-likeness (QED) is 0.739. The minimum absolute atomic E-state index is 0.000856. The van der Waals surface area contributed by atoms with Crippen LogP contribution in [-0.4, -0.2) is 17.8 Å². The zero-order chi connectivity index (χ0) is 12.4. The van der Waals surface area contributed by atoms with Crippen LogP contribution in [0.4, 0.5) is 13.2 Å². The highest BCUT2D eigenvalue weighted by molar-refractivity contribution is 5.09. The van der Waals surface area contributed by atoms with Gasteiger partial charge in [-0.25, -0.2) is 0 Å². The highest BCUT2D eigenvalue weighted by atomic mass is 19.4. The maximum absolute atomic E-state index is 12.7. The van der Waals surface area contributed by atoms with E-state index in [1.165, 1.54) is 0 Å². The Labute approximate surface area is 95.8 Å². The van der Waals surface area contributed by atoms with E-state index in [1.807, 2.05) is 6.92 Å². The molecule has 0 heterocycles. The first-order valence-corrected chi connectivity index (χ1v) is 6.19. The van der Waals surface area contributed by atoms with Gasteiger partial charge in [-0.3, -0.25) is 0 Å². The summed E-state index contributed by atoms with van der Waals surface area (Å²) in [4.78, 5) is 0. The Balaban J connectivity index is 2.51. The Morgan fingerprint density at radius 1 is 1.19 bits per heavy atom. The minimum Gasteiger partial charge on any atom is -0.301 e. The molecule has 2 atom stereocenters. The molecule has 0 bridgehead atoms. The Morgan fingerprint density at radius 3 is 2.06 bits per heavy atom. The molecule has 0 aromatic rings. The van der Waals surface area contributed by atoms with Crippen molar-refractivity contribution in [1.82, 2.24) is 5.32 Å². The number of rotatable bonds is 6. The van der Waals surface area contributed by atoms with Gasteiger partial charge < -0.3 is 5.32 Å². The number of nitrogens with one attached hydrogen (secondary N) is 1. The van der Waals surface area contributed by atoms with Gasteiger partial charge in [0.15, 0.2) is 0 Å². The van der Waals surface area contributed by atoms with Crippen LogP contribution in [0.15, 0.2) is 0 Å². The molecular formula is C12H22F3N. The van der Waals surface area contributed by atoms with E-state index < -0.39 is 11.7 Å². The van der Waals surface area contributed by atoms with Crippen molar-refractivity contribution in [2.24, 2.45) is 5.92 Å². The molecule has 1 aliphatic carbocycles. The van der Waals surface area contributed by atoms with Crippen molar-refractivity contribution in [2.45, 2.75) is 70.6 Å². The summed E-state index contributed by atoms with van der Waals surface area (Å²) in [7, 11) is 0.